The van der Waals surface area contributed by atoms with Gasteiger partial charge in [0.15, 0.2) is 0 Å². The van der Waals surface area contributed by atoms with Crippen LogP contribution in [-0.2, 0) is 6.42 Å². The molecular formula is C16H26BrNOS. The van der Waals surface area contributed by atoms with Crippen molar-refractivity contribution in [2.45, 2.75) is 46.1 Å². The molecule has 4 heteroatoms. The first-order valence-electron chi connectivity index (χ1n) is 7.33. The average Bonchev–Trinajstić information content (AvgIpc) is 2.40. The van der Waals surface area contributed by atoms with Crippen LogP contribution in [0.2, 0.25) is 0 Å². The van der Waals surface area contributed by atoms with Gasteiger partial charge in [0.2, 0.25) is 0 Å². The van der Waals surface area contributed by atoms with Crippen molar-refractivity contribution in [3.05, 3.63) is 27.7 Å². The summed E-state index contributed by atoms with van der Waals surface area (Å²) in [6.45, 7) is 7.19. The zero-order chi connectivity index (χ0) is 15.0. The third kappa shape index (κ3) is 6.06. The molecule has 1 rings (SSSR count). The highest BCUT2D eigenvalue weighted by Crippen LogP contribution is 2.29. The van der Waals surface area contributed by atoms with Crippen LogP contribution in [0.4, 0.5) is 0 Å². The molecular weight excluding hydrogens is 334 g/mol. The summed E-state index contributed by atoms with van der Waals surface area (Å²) in [5.74, 6) is 3.36. The fraction of sp³-hybridized carbons (Fsp3) is 0.625. The van der Waals surface area contributed by atoms with Crippen molar-refractivity contribution in [3.8, 4) is 5.75 Å². The van der Waals surface area contributed by atoms with Gasteiger partial charge in [-0.05, 0) is 61.0 Å². The predicted molar refractivity (Wildman–Crippen MR) is 94.0 cm³/mol. The van der Waals surface area contributed by atoms with Gasteiger partial charge in [0.1, 0.15) is 5.75 Å². The van der Waals surface area contributed by atoms with E-state index in [9.17, 15) is 0 Å². The van der Waals surface area contributed by atoms with E-state index in [4.69, 9.17) is 10.5 Å². The third-order valence-electron chi connectivity index (χ3n) is 3.21. The van der Waals surface area contributed by atoms with E-state index in [1.54, 1.807) is 0 Å². The van der Waals surface area contributed by atoms with Crippen molar-refractivity contribution >= 4 is 27.7 Å². The molecule has 0 spiro atoms. The molecule has 1 aromatic carbocycles. The van der Waals surface area contributed by atoms with E-state index in [2.05, 4.69) is 48.8 Å². The van der Waals surface area contributed by atoms with Crippen molar-refractivity contribution in [1.29, 1.82) is 0 Å². The monoisotopic (exact) mass is 359 g/mol. The summed E-state index contributed by atoms with van der Waals surface area (Å²) in [7, 11) is 0. The van der Waals surface area contributed by atoms with Crippen LogP contribution in [0.1, 0.15) is 37.8 Å². The number of benzene rings is 1. The van der Waals surface area contributed by atoms with Gasteiger partial charge in [-0.3, -0.25) is 0 Å². The molecule has 0 aliphatic heterocycles. The molecule has 0 saturated carbocycles. The van der Waals surface area contributed by atoms with Crippen LogP contribution in [0, 0.1) is 6.92 Å². The highest BCUT2D eigenvalue weighted by atomic mass is 79.9. The van der Waals surface area contributed by atoms with E-state index < -0.39 is 0 Å². The van der Waals surface area contributed by atoms with Crippen molar-refractivity contribution in [3.63, 3.8) is 0 Å². The molecule has 0 radical (unpaired) electrons. The Morgan fingerprint density at radius 1 is 1.35 bits per heavy atom. The number of thioether (sulfide) groups is 1. The maximum Gasteiger partial charge on any atom is 0.125 e. The zero-order valence-corrected chi connectivity index (χ0v) is 15.1. The molecule has 1 aromatic rings. The van der Waals surface area contributed by atoms with Crippen LogP contribution >= 0.6 is 27.7 Å². The topological polar surface area (TPSA) is 35.2 Å². The van der Waals surface area contributed by atoms with Gasteiger partial charge in [0.05, 0.1) is 6.61 Å². The first-order valence-corrected chi connectivity index (χ1v) is 9.28. The standard InChI is InChI=1S/C16H26BrNOS/c1-4-15(18)11-13-10-14(17)9-12(3)16(13)19-7-6-8-20-5-2/h9-10,15H,4-8,11,18H2,1-3H3. The van der Waals surface area contributed by atoms with E-state index in [1.165, 1.54) is 16.9 Å². The van der Waals surface area contributed by atoms with E-state index in [1.807, 2.05) is 11.8 Å². The summed E-state index contributed by atoms with van der Waals surface area (Å²) in [5.41, 5.74) is 8.49. The van der Waals surface area contributed by atoms with Gasteiger partial charge in [-0.15, -0.1) is 0 Å². The van der Waals surface area contributed by atoms with Gasteiger partial charge in [0.25, 0.3) is 0 Å². The zero-order valence-electron chi connectivity index (χ0n) is 12.7. The maximum atomic E-state index is 6.09. The quantitative estimate of drug-likeness (QED) is 0.656. The Balaban J connectivity index is 2.71. The highest BCUT2D eigenvalue weighted by Gasteiger charge is 2.12. The van der Waals surface area contributed by atoms with Gasteiger partial charge >= 0.3 is 0 Å². The van der Waals surface area contributed by atoms with E-state index in [0.29, 0.717) is 0 Å². The first-order chi connectivity index (χ1) is 9.58. The van der Waals surface area contributed by atoms with Crippen molar-refractivity contribution in [1.82, 2.24) is 0 Å². The van der Waals surface area contributed by atoms with E-state index in [0.717, 1.165) is 41.8 Å². The van der Waals surface area contributed by atoms with Crippen LogP contribution in [0.25, 0.3) is 0 Å². The molecule has 114 valence electrons. The smallest absolute Gasteiger partial charge is 0.125 e. The number of rotatable bonds is 9. The summed E-state index contributed by atoms with van der Waals surface area (Å²) in [5, 5.41) is 0. The SMILES string of the molecule is CCSCCCOc1c(C)cc(Br)cc1CC(N)CC. The lowest BCUT2D eigenvalue weighted by Gasteiger charge is -2.17. The largest absolute Gasteiger partial charge is 0.493 e. The Bertz CT molecular complexity index is 412. The number of hydrogen-bond acceptors (Lipinski definition) is 3. The maximum absolute atomic E-state index is 6.09. The molecule has 0 aromatic heterocycles. The van der Waals surface area contributed by atoms with Gasteiger partial charge in [0, 0.05) is 10.5 Å². The fourth-order valence-corrected chi connectivity index (χ4v) is 3.29. The van der Waals surface area contributed by atoms with Crippen LogP contribution in [0.5, 0.6) is 5.75 Å². The molecule has 0 aliphatic carbocycles. The van der Waals surface area contributed by atoms with Crippen LogP contribution < -0.4 is 10.5 Å². The lowest BCUT2D eigenvalue weighted by atomic mass is 10.0. The predicted octanol–water partition coefficient (Wildman–Crippen LogP) is 4.56. The first kappa shape index (κ1) is 17.9. The van der Waals surface area contributed by atoms with Crippen molar-refractivity contribution < 1.29 is 4.74 Å². The van der Waals surface area contributed by atoms with Crippen molar-refractivity contribution in [2.24, 2.45) is 5.73 Å². The Labute approximate surface area is 136 Å². The second kappa shape index (κ2) is 9.69. The number of aryl methyl sites for hydroxylation is 1. The molecule has 0 heterocycles. The van der Waals surface area contributed by atoms with Gasteiger partial charge in [-0.25, -0.2) is 0 Å². The summed E-state index contributed by atoms with van der Waals surface area (Å²) in [4.78, 5) is 0. The summed E-state index contributed by atoms with van der Waals surface area (Å²) >= 11 is 5.52. The van der Waals surface area contributed by atoms with E-state index in [-0.39, 0.29) is 6.04 Å². The van der Waals surface area contributed by atoms with E-state index >= 15 is 0 Å². The molecule has 2 N–H and O–H groups in total. The number of nitrogens with two attached hydrogens (primary N) is 1. The molecule has 1 unspecified atom stereocenters. The second-order valence-electron chi connectivity index (χ2n) is 4.98. The molecule has 0 fully saturated rings. The minimum atomic E-state index is 0.196. The minimum Gasteiger partial charge on any atom is -0.493 e. The van der Waals surface area contributed by atoms with Crippen LogP contribution in [-0.4, -0.2) is 24.2 Å². The molecule has 0 bridgehead atoms. The van der Waals surface area contributed by atoms with Gasteiger partial charge < -0.3 is 10.5 Å². The molecule has 20 heavy (non-hydrogen) atoms. The second-order valence-corrected chi connectivity index (χ2v) is 7.29. The Morgan fingerprint density at radius 3 is 2.75 bits per heavy atom. The molecule has 1 atom stereocenters. The Morgan fingerprint density at radius 2 is 2.10 bits per heavy atom. The van der Waals surface area contributed by atoms with Gasteiger partial charge in [-0.2, -0.15) is 11.8 Å². The number of ether oxygens (including phenoxy) is 1. The highest BCUT2D eigenvalue weighted by molar-refractivity contribution is 9.10. The number of hydrogen-bond donors (Lipinski definition) is 1. The number of halogens is 1. The Hall–Kier alpha value is -0.190. The molecule has 0 saturated heterocycles. The molecule has 2 nitrogen and oxygen atoms in total. The lowest BCUT2D eigenvalue weighted by Crippen LogP contribution is -2.22. The van der Waals surface area contributed by atoms with Gasteiger partial charge in [-0.1, -0.05) is 29.8 Å². The van der Waals surface area contributed by atoms with Crippen LogP contribution in [0.3, 0.4) is 0 Å². The van der Waals surface area contributed by atoms with Crippen LogP contribution in [0.15, 0.2) is 16.6 Å². The summed E-state index contributed by atoms with van der Waals surface area (Å²) in [6, 6.07) is 4.44. The molecule has 0 aliphatic rings. The third-order valence-corrected chi connectivity index (χ3v) is 4.65. The fourth-order valence-electron chi connectivity index (χ4n) is 2.06. The summed E-state index contributed by atoms with van der Waals surface area (Å²) in [6.07, 6.45) is 2.95. The Kier molecular flexibility index (Phi) is 8.66. The molecule has 0 amide bonds. The lowest BCUT2D eigenvalue weighted by molar-refractivity contribution is 0.312. The summed E-state index contributed by atoms with van der Waals surface area (Å²) < 4.78 is 7.12. The van der Waals surface area contributed by atoms with Crippen molar-refractivity contribution in [2.75, 3.05) is 18.1 Å². The minimum absolute atomic E-state index is 0.196. The normalized spacial score (nSPS) is 12.4. The average molecular weight is 360 g/mol.